The molecule has 3 N–H and O–H groups in total. The zero-order valence-corrected chi connectivity index (χ0v) is 12.6. The number of esters is 1. The SMILES string of the molecule is CC(C)(C)OC(=O)C1CN(c2ccc(N)cc2F)CCN1. The number of carbonyl (C=O) groups is 1. The second-order valence-electron chi connectivity index (χ2n) is 6.20. The second kappa shape index (κ2) is 5.89. The van der Waals surface area contributed by atoms with Crippen LogP contribution in [0.2, 0.25) is 0 Å². The standard InChI is InChI=1S/C15H22FN3O2/c1-15(2,3)21-14(20)12-9-19(7-6-18-12)13-5-4-10(17)8-11(13)16/h4-5,8,12,18H,6-7,9,17H2,1-3H3. The molecule has 1 saturated heterocycles. The molecule has 0 spiro atoms. The Labute approximate surface area is 124 Å². The Morgan fingerprint density at radius 2 is 2.19 bits per heavy atom. The third-order valence-corrected chi connectivity index (χ3v) is 3.18. The van der Waals surface area contributed by atoms with E-state index in [9.17, 15) is 9.18 Å². The average molecular weight is 295 g/mol. The number of rotatable bonds is 2. The normalized spacial score (nSPS) is 19.4. The number of nitrogens with two attached hydrogens (primary N) is 1. The number of hydrogen-bond donors (Lipinski definition) is 2. The van der Waals surface area contributed by atoms with Gasteiger partial charge in [0.2, 0.25) is 0 Å². The minimum absolute atomic E-state index is 0.317. The molecule has 1 aliphatic heterocycles. The van der Waals surface area contributed by atoms with Gasteiger partial charge in [0.15, 0.2) is 0 Å². The van der Waals surface area contributed by atoms with E-state index in [0.29, 0.717) is 31.0 Å². The van der Waals surface area contributed by atoms with Crippen molar-refractivity contribution in [1.29, 1.82) is 0 Å². The molecule has 1 aromatic rings. The van der Waals surface area contributed by atoms with Gasteiger partial charge in [0.25, 0.3) is 0 Å². The van der Waals surface area contributed by atoms with Gasteiger partial charge in [-0.1, -0.05) is 0 Å². The molecular formula is C15H22FN3O2. The van der Waals surface area contributed by atoms with E-state index in [2.05, 4.69) is 5.32 Å². The van der Waals surface area contributed by atoms with Gasteiger partial charge in [0.1, 0.15) is 17.5 Å². The van der Waals surface area contributed by atoms with Crippen molar-refractivity contribution in [3.63, 3.8) is 0 Å². The van der Waals surface area contributed by atoms with Crippen LogP contribution >= 0.6 is 0 Å². The number of piperazine rings is 1. The van der Waals surface area contributed by atoms with E-state index in [0.717, 1.165) is 0 Å². The second-order valence-corrected chi connectivity index (χ2v) is 6.20. The fourth-order valence-electron chi connectivity index (χ4n) is 2.28. The van der Waals surface area contributed by atoms with Crippen LogP contribution in [0.15, 0.2) is 18.2 Å². The molecule has 1 fully saturated rings. The molecule has 1 heterocycles. The Morgan fingerprint density at radius 1 is 1.48 bits per heavy atom. The first kappa shape index (κ1) is 15.6. The van der Waals surface area contributed by atoms with Crippen LogP contribution in [0.1, 0.15) is 20.8 Å². The Bertz CT molecular complexity index is 528. The topological polar surface area (TPSA) is 67.6 Å². The van der Waals surface area contributed by atoms with Crippen LogP contribution in [-0.4, -0.2) is 37.2 Å². The molecule has 2 rings (SSSR count). The number of nitrogens with zero attached hydrogens (tertiary/aromatic N) is 1. The highest BCUT2D eigenvalue weighted by Gasteiger charge is 2.30. The molecule has 0 aromatic heterocycles. The summed E-state index contributed by atoms with van der Waals surface area (Å²) >= 11 is 0. The quantitative estimate of drug-likeness (QED) is 0.640. The lowest BCUT2D eigenvalue weighted by Crippen LogP contribution is -2.55. The summed E-state index contributed by atoms with van der Waals surface area (Å²) in [5.74, 6) is -0.692. The molecule has 1 unspecified atom stereocenters. The van der Waals surface area contributed by atoms with Gasteiger partial charge in [-0.2, -0.15) is 0 Å². The third kappa shape index (κ3) is 4.07. The molecule has 0 aliphatic carbocycles. The Morgan fingerprint density at radius 3 is 2.81 bits per heavy atom. The van der Waals surface area contributed by atoms with E-state index in [-0.39, 0.29) is 11.8 Å². The van der Waals surface area contributed by atoms with E-state index < -0.39 is 11.6 Å². The van der Waals surface area contributed by atoms with Crippen molar-refractivity contribution in [2.24, 2.45) is 0 Å². The highest BCUT2D eigenvalue weighted by Crippen LogP contribution is 2.23. The van der Waals surface area contributed by atoms with E-state index in [1.807, 2.05) is 25.7 Å². The minimum Gasteiger partial charge on any atom is -0.459 e. The maximum atomic E-state index is 14.0. The molecule has 1 atom stereocenters. The molecule has 5 nitrogen and oxygen atoms in total. The van der Waals surface area contributed by atoms with Gasteiger partial charge in [0, 0.05) is 25.3 Å². The molecule has 21 heavy (non-hydrogen) atoms. The molecule has 0 bridgehead atoms. The van der Waals surface area contributed by atoms with Gasteiger partial charge >= 0.3 is 5.97 Å². The number of halogens is 1. The molecule has 1 aromatic carbocycles. The number of hydrogen-bond acceptors (Lipinski definition) is 5. The molecular weight excluding hydrogens is 273 g/mol. The first-order valence-electron chi connectivity index (χ1n) is 7.02. The minimum atomic E-state index is -0.534. The van der Waals surface area contributed by atoms with Crippen LogP contribution in [0.5, 0.6) is 0 Å². The van der Waals surface area contributed by atoms with Crippen molar-refractivity contribution in [2.75, 3.05) is 30.3 Å². The van der Waals surface area contributed by atoms with Crippen LogP contribution in [0.25, 0.3) is 0 Å². The van der Waals surface area contributed by atoms with Crippen molar-refractivity contribution in [2.45, 2.75) is 32.4 Å². The Kier molecular flexibility index (Phi) is 4.37. The van der Waals surface area contributed by atoms with E-state index >= 15 is 0 Å². The largest absolute Gasteiger partial charge is 0.459 e. The number of benzene rings is 1. The maximum Gasteiger partial charge on any atom is 0.325 e. The third-order valence-electron chi connectivity index (χ3n) is 3.18. The molecule has 1 aliphatic rings. The van der Waals surface area contributed by atoms with Crippen molar-refractivity contribution >= 4 is 17.3 Å². The van der Waals surface area contributed by atoms with Crippen LogP contribution in [-0.2, 0) is 9.53 Å². The summed E-state index contributed by atoms with van der Waals surface area (Å²) in [4.78, 5) is 13.9. The number of nitrogen functional groups attached to an aromatic ring is 1. The Hall–Kier alpha value is -1.82. The fourth-order valence-corrected chi connectivity index (χ4v) is 2.28. The van der Waals surface area contributed by atoms with Gasteiger partial charge in [0.05, 0.1) is 5.69 Å². The van der Waals surface area contributed by atoms with Crippen molar-refractivity contribution in [1.82, 2.24) is 5.32 Å². The van der Waals surface area contributed by atoms with Gasteiger partial charge in [-0.05, 0) is 39.0 Å². The van der Waals surface area contributed by atoms with Gasteiger partial charge in [-0.3, -0.25) is 4.79 Å². The van der Waals surface area contributed by atoms with E-state index in [1.54, 1.807) is 12.1 Å². The smallest absolute Gasteiger partial charge is 0.325 e. The number of ether oxygens (including phenoxy) is 1. The lowest BCUT2D eigenvalue weighted by molar-refractivity contribution is -0.157. The van der Waals surface area contributed by atoms with Gasteiger partial charge < -0.3 is 20.7 Å². The fraction of sp³-hybridized carbons (Fsp3) is 0.533. The average Bonchev–Trinajstić information content (AvgIpc) is 2.37. The van der Waals surface area contributed by atoms with Crippen LogP contribution < -0.4 is 16.0 Å². The summed E-state index contributed by atoms with van der Waals surface area (Å²) in [5.41, 5.74) is 5.86. The number of nitrogens with one attached hydrogen (secondary N) is 1. The summed E-state index contributed by atoms with van der Waals surface area (Å²) in [6.45, 7) is 7.06. The molecule has 116 valence electrons. The van der Waals surface area contributed by atoms with Gasteiger partial charge in [-0.15, -0.1) is 0 Å². The lowest BCUT2D eigenvalue weighted by atomic mass is 10.1. The molecule has 0 saturated carbocycles. The predicted molar refractivity (Wildman–Crippen MR) is 80.7 cm³/mol. The van der Waals surface area contributed by atoms with Crippen molar-refractivity contribution in [3.05, 3.63) is 24.0 Å². The predicted octanol–water partition coefficient (Wildman–Crippen LogP) is 1.53. The van der Waals surface area contributed by atoms with Crippen LogP contribution in [0.4, 0.5) is 15.8 Å². The zero-order valence-electron chi connectivity index (χ0n) is 12.6. The Balaban J connectivity index is 2.08. The summed E-state index contributed by atoms with van der Waals surface area (Å²) in [6.07, 6.45) is 0. The first-order valence-corrected chi connectivity index (χ1v) is 7.02. The summed E-state index contributed by atoms with van der Waals surface area (Å²) < 4.78 is 19.3. The van der Waals surface area contributed by atoms with Crippen LogP contribution in [0.3, 0.4) is 0 Å². The highest BCUT2D eigenvalue weighted by molar-refractivity contribution is 5.77. The highest BCUT2D eigenvalue weighted by atomic mass is 19.1. The molecule has 6 heteroatoms. The molecule has 0 amide bonds. The summed E-state index contributed by atoms with van der Waals surface area (Å²) in [5, 5.41) is 3.11. The van der Waals surface area contributed by atoms with Gasteiger partial charge in [-0.25, -0.2) is 4.39 Å². The maximum absolute atomic E-state index is 14.0. The zero-order chi connectivity index (χ0) is 15.6. The number of carbonyl (C=O) groups excluding carboxylic acids is 1. The summed E-state index contributed by atoms with van der Waals surface area (Å²) in [6, 6.07) is 4.13. The van der Waals surface area contributed by atoms with E-state index in [1.165, 1.54) is 6.07 Å². The lowest BCUT2D eigenvalue weighted by Gasteiger charge is -2.35. The van der Waals surface area contributed by atoms with Crippen molar-refractivity contribution in [3.8, 4) is 0 Å². The summed E-state index contributed by atoms with van der Waals surface area (Å²) in [7, 11) is 0. The van der Waals surface area contributed by atoms with Crippen LogP contribution in [0, 0.1) is 5.82 Å². The first-order chi connectivity index (χ1) is 9.76. The van der Waals surface area contributed by atoms with E-state index in [4.69, 9.17) is 10.5 Å². The number of anilines is 2. The monoisotopic (exact) mass is 295 g/mol. The van der Waals surface area contributed by atoms with Crippen molar-refractivity contribution < 1.29 is 13.9 Å². The molecule has 0 radical (unpaired) electrons.